The van der Waals surface area contributed by atoms with Gasteiger partial charge in [0.2, 0.25) is 11.8 Å². The first-order valence-corrected chi connectivity index (χ1v) is 8.30. The van der Waals surface area contributed by atoms with E-state index in [1.165, 1.54) is 11.3 Å². The summed E-state index contributed by atoms with van der Waals surface area (Å²) in [5.41, 5.74) is -1.25. The normalized spacial score (nSPS) is 27.3. The third-order valence-electron chi connectivity index (χ3n) is 4.15. The summed E-state index contributed by atoms with van der Waals surface area (Å²) >= 11 is 4.73. The van der Waals surface area contributed by atoms with Gasteiger partial charge in [0.1, 0.15) is 12.1 Å². The second-order valence-corrected chi connectivity index (χ2v) is 7.91. The Bertz CT molecular complexity index is 627. The third-order valence-corrected chi connectivity index (χ3v) is 5.70. The minimum absolute atomic E-state index is 0.128. The van der Waals surface area contributed by atoms with Crippen LogP contribution in [0, 0.1) is 5.41 Å². The molecule has 4 nitrogen and oxygen atoms in total. The van der Waals surface area contributed by atoms with Crippen LogP contribution in [-0.2, 0) is 16.0 Å². The zero-order valence-corrected chi connectivity index (χ0v) is 13.6. The summed E-state index contributed by atoms with van der Waals surface area (Å²) in [6.07, 6.45) is -4.49. The van der Waals surface area contributed by atoms with Crippen molar-refractivity contribution in [1.29, 1.82) is 0 Å². The van der Waals surface area contributed by atoms with Crippen LogP contribution in [0.1, 0.15) is 18.4 Å². The molecule has 0 aromatic carbocycles. The second-order valence-electron chi connectivity index (χ2n) is 5.62. The van der Waals surface area contributed by atoms with Gasteiger partial charge in [-0.3, -0.25) is 9.59 Å². The highest BCUT2D eigenvalue weighted by atomic mass is 79.9. The van der Waals surface area contributed by atoms with Gasteiger partial charge in [0.15, 0.2) is 0 Å². The molecule has 2 amide bonds. The minimum Gasteiger partial charge on any atom is -0.342 e. The van der Waals surface area contributed by atoms with Crippen LogP contribution in [0.15, 0.2) is 15.2 Å². The Labute approximate surface area is 136 Å². The lowest BCUT2D eigenvalue weighted by Gasteiger charge is -2.35. The summed E-state index contributed by atoms with van der Waals surface area (Å²) in [7, 11) is 0. The molecule has 2 heterocycles. The maximum absolute atomic E-state index is 13.1. The Morgan fingerprint density at radius 3 is 2.45 bits per heavy atom. The van der Waals surface area contributed by atoms with Crippen LogP contribution >= 0.6 is 27.3 Å². The van der Waals surface area contributed by atoms with E-state index in [9.17, 15) is 22.8 Å². The summed E-state index contributed by atoms with van der Waals surface area (Å²) in [4.78, 5) is 24.1. The predicted molar refractivity (Wildman–Crippen MR) is 77.3 cm³/mol. The van der Waals surface area contributed by atoms with Crippen molar-refractivity contribution in [3.05, 3.63) is 20.8 Å². The van der Waals surface area contributed by atoms with E-state index < -0.39 is 35.5 Å². The van der Waals surface area contributed by atoms with Gasteiger partial charge in [0.05, 0.1) is 9.20 Å². The van der Waals surface area contributed by atoms with Crippen LogP contribution in [0.25, 0.3) is 0 Å². The predicted octanol–water partition coefficient (Wildman–Crippen LogP) is 2.38. The molecule has 1 aliphatic heterocycles. The maximum Gasteiger partial charge on any atom is 0.396 e. The number of rotatable bonds is 3. The van der Waals surface area contributed by atoms with E-state index in [1.807, 2.05) is 11.4 Å². The summed E-state index contributed by atoms with van der Waals surface area (Å²) in [5.74, 6) is -1.32. The van der Waals surface area contributed by atoms with E-state index in [0.717, 1.165) is 9.35 Å². The number of carbonyl (C=O) groups is 2. The van der Waals surface area contributed by atoms with Crippen molar-refractivity contribution in [3.63, 3.8) is 0 Å². The third kappa shape index (κ3) is 2.64. The van der Waals surface area contributed by atoms with E-state index in [0.29, 0.717) is 0 Å². The molecule has 120 valence electrons. The largest absolute Gasteiger partial charge is 0.396 e. The number of halogens is 4. The first-order valence-electron chi connectivity index (χ1n) is 6.63. The van der Waals surface area contributed by atoms with Crippen molar-refractivity contribution >= 4 is 39.1 Å². The topological polar surface area (TPSA) is 58.2 Å². The number of nitrogens with one attached hydrogen (secondary N) is 2. The zero-order chi connectivity index (χ0) is 16.1. The molecule has 2 N–H and O–H groups in total. The van der Waals surface area contributed by atoms with Crippen molar-refractivity contribution in [2.24, 2.45) is 5.41 Å². The Hall–Kier alpha value is -1.09. The van der Waals surface area contributed by atoms with Gasteiger partial charge in [-0.1, -0.05) is 0 Å². The molecule has 0 bridgehead atoms. The molecule has 1 aliphatic carbocycles. The van der Waals surface area contributed by atoms with Crippen LogP contribution in [0.5, 0.6) is 0 Å². The molecular weight excluding hydrogens is 385 g/mol. The molecular formula is C13H12BrF3N2O2S. The molecule has 1 saturated heterocycles. The molecule has 1 saturated carbocycles. The van der Waals surface area contributed by atoms with E-state index in [4.69, 9.17) is 0 Å². The molecule has 1 aromatic heterocycles. The number of hydrogen-bond acceptors (Lipinski definition) is 3. The SMILES string of the molecule is O=C1NC(C2(C(F)(F)F)CC2)C(=O)NC1Cc1csc(Br)c1. The average Bonchev–Trinajstić information content (AvgIpc) is 3.13. The van der Waals surface area contributed by atoms with Gasteiger partial charge >= 0.3 is 6.18 Å². The number of alkyl halides is 3. The molecule has 3 rings (SSSR count). The van der Waals surface area contributed by atoms with Crippen molar-refractivity contribution in [2.75, 3.05) is 0 Å². The van der Waals surface area contributed by atoms with E-state index >= 15 is 0 Å². The lowest BCUT2D eigenvalue weighted by Crippen LogP contribution is -2.66. The molecule has 22 heavy (non-hydrogen) atoms. The van der Waals surface area contributed by atoms with Gasteiger partial charge in [-0.15, -0.1) is 11.3 Å². The number of carbonyl (C=O) groups excluding carboxylic acids is 2. The highest BCUT2D eigenvalue weighted by Crippen LogP contribution is 2.60. The van der Waals surface area contributed by atoms with E-state index in [1.54, 1.807) is 0 Å². The van der Waals surface area contributed by atoms with Crippen LogP contribution in [0.3, 0.4) is 0 Å². The van der Waals surface area contributed by atoms with E-state index in [2.05, 4.69) is 26.6 Å². The molecule has 2 atom stereocenters. The van der Waals surface area contributed by atoms with Gasteiger partial charge < -0.3 is 10.6 Å². The number of hydrogen-bond donors (Lipinski definition) is 2. The number of amides is 2. The fourth-order valence-electron chi connectivity index (χ4n) is 2.72. The smallest absolute Gasteiger partial charge is 0.342 e. The molecule has 2 unspecified atom stereocenters. The quantitative estimate of drug-likeness (QED) is 0.823. The lowest BCUT2D eigenvalue weighted by molar-refractivity contribution is -0.199. The summed E-state index contributed by atoms with van der Waals surface area (Å²) in [6, 6.07) is -0.548. The Morgan fingerprint density at radius 1 is 1.27 bits per heavy atom. The zero-order valence-electron chi connectivity index (χ0n) is 11.2. The van der Waals surface area contributed by atoms with E-state index in [-0.39, 0.29) is 19.3 Å². The first kappa shape index (κ1) is 15.8. The Balaban J connectivity index is 1.72. The maximum atomic E-state index is 13.1. The number of thiophene rings is 1. The molecule has 2 fully saturated rings. The fraction of sp³-hybridized carbons (Fsp3) is 0.538. The highest BCUT2D eigenvalue weighted by Gasteiger charge is 2.70. The Kier molecular flexibility index (Phi) is 3.75. The molecule has 9 heteroatoms. The summed E-state index contributed by atoms with van der Waals surface area (Å²) in [6.45, 7) is 0. The monoisotopic (exact) mass is 396 g/mol. The fourth-order valence-corrected chi connectivity index (χ4v) is 3.94. The standard InChI is InChI=1S/C13H12BrF3N2O2S/c14-8-4-6(5-22-8)3-7-10(20)19-9(11(21)18-7)12(1-2-12)13(15,16)17/h4-5,7,9H,1-3H2,(H,18,21)(H,19,20). The molecule has 0 spiro atoms. The van der Waals surface area contributed by atoms with Crippen LogP contribution < -0.4 is 10.6 Å². The van der Waals surface area contributed by atoms with Crippen molar-refractivity contribution in [1.82, 2.24) is 10.6 Å². The number of piperazine rings is 1. The van der Waals surface area contributed by atoms with Crippen molar-refractivity contribution in [3.8, 4) is 0 Å². The average molecular weight is 397 g/mol. The molecule has 0 radical (unpaired) electrons. The van der Waals surface area contributed by atoms with Gasteiger partial charge in [-0.25, -0.2) is 0 Å². The lowest BCUT2D eigenvalue weighted by atomic mass is 9.91. The summed E-state index contributed by atoms with van der Waals surface area (Å²) < 4.78 is 40.2. The summed E-state index contributed by atoms with van der Waals surface area (Å²) in [5, 5.41) is 6.53. The van der Waals surface area contributed by atoms with Crippen molar-refractivity contribution in [2.45, 2.75) is 37.5 Å². The molecule has 2 aliphatic rings. The molecule has 1 aromatic rings. The highest BCUT2D eigenvalue weighted by molar-refractivity contribution is 9.11. The van der Waals surface area contributed by atoms with Crippen LogP contribution in [-0.4, -0.2) is 30.1 Å². The van der Waals surface area contributed by atoms with Crippen LogP contribution in [0.4, 0.5) is 13.2 Å². The van der Waals surface area contributed by atoms with Gasteiger partial charge in [0, 0.05) is 6.42 Å². The van der Waals surface area contributed by atoms with Gasteiger partial charge in [0.25, 0.3) is 0 Å². The second kappa shape index (κ2) is 5.23. The van der Waals surface area contributed by atoms with Crippen molar-refractivity contribution < 1.29 is 22.8 Å². The Morgan fingerprint density at radius 2 is 1.95 bits per heavy atom. The minimum atomic E-state index is -4.49. The van der Waals surface area contributed by atoms with Gasteiger partial charge in [-0.2, -0.15) is 13.2 Å². The first-order chi connectivity index (χ1) is 10.2. The van der Waals surface area contributed by atoms with Crippen LogP contribution in [0.2, 0.25) is 0 Å². The van der Waals surface area contributed by atoms with Gasteiger partial charge in [-0.05, 0) is 45.8 Å².